The molecule has 1 unspecified atom stereocenters. The normalized spacial score (nSPS) is 11.7. The molecule has 0 fully saturated rings. The van der Waals surface area contributed by atoms with Crippen LogP contribution in [0.25, 0.3) is 0 Å². The number of anilines is 1. The lowest BCUT2D eigenvalue weighted by Gasteiger charge is -2.09. The molecule has 0 aromatic heterocycles. The summed E-state index contributed by atoms with van der Waals surface area (Å²) in [7, 11) is -1.02. The van der Waals surface area contributed by atoms with Crippen LogP contribution in [-0.4, -0.2) is 33.6 Å². The molecule has 1 amide bonds. The van der Waals surface area contributed by atoms with Crippen LogP contribution in [0.1, 0.15) is 10.4 Å². The van der Waals surface area contributed by atoms with Crippen molar-refractivity contribution in [2.45, 2.75) is 0 Å². The van der Waals surface area contributed by atoms with E-state index in [9.17, 15) is 19.1 Å². The van der Waals surface area contributed by atoms with Crippen LogP contribution in [0.2, 0.25) is 0 Å². The number of nitro groups is 1. The van der Waals surface area contributed by atoms with Crippen LogP contribution in [-0.2, 0) is 10.8 Å². The number of hydrogen-bond donors (Lipinski definition) is 3. The highest BCUT2D eigenvalue weighted by atomic mass is 32.2. The second-order valence-corrected chi connectivity index (χ2v) is 5.22. The molecular formula is C10H14N4O4S. The molecule has 0 saturated heterocycles. The Balaban J connectivity index is 2.89. The van der Waals surface area contributed by atoms with Crippen molar-refractivity contribution in [1.82, 2.24) is 5.32 Å². The minimum Gasteiger partial charge on any atom is -0.351 e. The van der Waals surface area contributed by atoms with E-state index in [0.717, 1.165) is 6.07 Å². The predicted octanol–water partition coefficient (Wildman–Crippen LogP) is -0.0113. The van der Waals surface area contributed by atoms with Crippen LogP contribution in [0.5, 0.6) is 0 Å². The summed E-state index contributed by atoms with van der Waals surface area (Å²) in [4.78, 5) is 21.9. The number of benzene rings is 1. The zero-order chi connectivity index (χ0) is 14.4. The third-order valence-electron chi connectivity index (χ3n) is 2.29. The van der Waals surface area contributed by atoms with Gasteiger partial charge in [0.2, 0.25) is 0 Å². The van der Waals surface area contributed by atoms with E-state index in [-0.39, 0.29) is 23.5 Å². The maximum atomic E-state index is 11.9. The monoisotopic (exact) mass is 286 g/mol. The highest BCUT2D eigenvalue weighted by molar-refractivity contribution is 7.84. The molecule has 0 radical (unpaired) electrons. The van der Waals surface area contributed by atoms with Crippen molar-refractivity contribution in [2.24, 2.45) is 5.84 Å². The van der Waals surface area contributed by atoms with Crippen LogP contribution in [0.15, 0.2) is 18.2 Å². The molecule has 0 aliphatic carbocycles. The summed E-state index contributed by atoms with van der Waals surface area (Å²) in [5.74, 6) is 5.04. The number of rotatable bonds is 6. The summed E-state index contributed by atoms with van der Waals surface area (Å²) in [6.07, 6.45) is 1.52. The number of nitrogens with two attached hydrogens (primary N) is 1. The van der Waals surface area contributed by atoms with Gasteiger partial charge in [-0.1, -0.05) is 0 Å². The Hall–Kier alpha value is -2.00. The van der Waals surface area contributed by atoms with Crippen LogP contribution in [0.3, 0.4) is 0 Å². The van der Waals surface area contributed by atoms with Crippen LogP contribution in [0.4, 0.5) is 11.4 Å². The van der Waals surface area contributed by atoms with Crippen molar-refractivity contribution >= 4 is 28.1 Å². The minimum atomic E-state index is -1.02. The SMILES string of the molecule is CS(=O)CCNC(=O)c1cc([N+](=O)[O-])ccc1NN. The number of nitrogens with one attached hydrogen (secondary N) is 2. The second-order valence-electron chi connectivity index (χ2n) is 3.66. The molecule has 8 nitrogen and oxygen atoms in total. The largest absolute Gasteiger partial charge is 0.351 e. The molecule has 0 saturated carbocycles. The predicted molar refractivity (Wildman–Crippen MR) is 72.2 cm³/mol. The number of carbonyl (C=O) groups is 1. The maximum Gasteiger partial charge on any atom is 0.270 e. The van der Waals surface area contributed by atoms with Gasteiger partial charge in [-0.25, -0.2) is 0 Å². The first-order valence-electron chi connectivity index (χ1n) is 5.29. The van der Waals surface area contributed by atoms with Crippen molar-refractivity contribution in [3.05, 3.63) is 33.9 Å². The number of nitrogen functional groups attached to an aromatic ring is 1. The number of nitro benzene ring substituents is 1. The highest BCUT2D eigenvalue weighted by Crippen LogP contribution is 2.21. The van der Waals surface area contributed by atoms with Gasteiger partial charge >= 0.3 is 0 Å². The van der Waals surface area contributed by atoms with Gasteiger partial charge in [-0.3, -0.25) is 25.0 Å². The molecule has 0 aliphatic heterocycles. The number of amides is 1. The van der Waals surface area contributed by atoms with E-state index >= 15 is 0 Å². The first-order valence-corrected chi connectivity index (χ1v) is 7.01. The van der Waals surface area contributed by atoms with Crippen molar-refractivity contribution in [2.75, 3.05) is 24.0 Å². The van der Waals surface area contributed by atoms with Gasteiger partial charge in [0.25, 0.3) is 11.6 Å². The Morgan fingerprint density at radius 1 is 1.53 bits per heavy atom. The van der Waals surface area contributed by atoms with Gasteiger partial charge < -0.3 is 10.7 Å². The first-order chi connectivity index (χ1) is 8.95. The van der Waals surface area contributed by atoms with Crippen molar-refractivity contribution in [1.29, 1.82) is 0 Å². The molecule has 0 aliphatic rings. The van der Waals surface area contributed by atoms with Gasteiger partial charge in [0.05, 0.1) is 16.2 Å². The summed E-state index contributed by atoms with van der Waals surface area (Å²) in [5.41, 5.74) is 2.44. The summed E-state index contributed by atoms with van der Waals surface area (Å²) in [6, 6.07) is 3.73. The molecular weight excluding hydrogens is 272 g/mol. The molecule has 0 bridgehead atoms. The lowest BCUT2D eigenvalue weighted by Crippen LogP contribution is -2.28. The molecule has 1 rings (SSSR count). The quantitative estimate of drug-likeness (QED) is 0.383. The van der Waals surface area contributed by atoms with Crippen LogP contribution < -0.4 is 16.6 Å². The topological polar surface area (TPSA) is 127 Å². The lowest BCUT2D eigenvalue weighted by molar-refractivity contribution is -0.384. The highest BCUT2D eigenvalue weighted by Gasteiger charge is 2.16. The summed E-state index contributed by atoms with van der Waals surface area (Å²) >= 11 is 0. The molecule has 0 spiro atoms. The van der Waals surface area contributed by atoms with Crippen LogP contribution >= 0.6 is 0 Å². The molecule has 19 heavy (non-hydrogen) atoms. The van der Waals surface area contributed by atoms with E-state index in [1.807, 2.05) is 0 Å². The Kier molecular flexibility index (Phi) is 5.39. The summed E-state index contributed by atoms with van der Waals surface area (Å²) < 4.78 is 10.9. The summed E-state index contributed by atoms with van der Waals surface area (Å²) in [6.45, 7) is 0.217. The fraction of sp³-hybridized carbons (Fsp3) is 0.300. The average Bonchev–Trinajstić information content (AvgIpc) is 2.37. The number of hydrogen-bond acceptors (Lipinski definition) is 6. The Morgan fingerprint density at radius 2 is 2.21 bits per heavy atom. The van der Waals surface area contributed by atoms with Gasteiger partial charge in [0.1, 0.15) is 0 Å². The van der Waals surface area contributed by atoms with E-state index < -0.39 is 21.6 Å². The molecule has 1 aromatic carbocycles. The fourth-order valence-corrected chi connectivity index (χ4v) is 1.75. The smallest absolute Gasteiger partial charge is 0.270 e. The zero-order valence-electron chi connectivity index (χ0n) is 10.2. The number of carbonyl (C=O) groups excluding carboxylic acids is 1. The third-order valence-corrected chi connectivity index (χ3v) is 3.07. The average molecular weight is 286 g/mol. The van der Waals surface area contributed by atoms with Gasteiger partial charge in [-0.15, -0.1) is 0 Å². The van der Waals surface area contributed by atoms with Crippen molar-refractivity contribution < 1.29 is 13.9 Å². The van der Waals surface area contributed by atoms with Crippen molar-refractivity contribution in [3.8, 4) is 0 Å². The first kappa shape index (κ1) is 15.1. The minimum absolute atomic E-state index is 0.0681. The van der Waals surface area contributed by atoms with E-state index in [2.05, 4.69) is 10.7 Å². The summed E-state index contributed by atoms with van der Waals surface area (Å²) in [5, 5.41) is 13.2. The number of hydrazine groups is 1. The molecule has 9 heteroatoms. The maximum absolute atomic E-state index is 11.9. The standard InChI is InChI=1S/C10H14N4O4S/c1-19(18)5-4-12-10(15)8-6-7(14(16)17)2-3-9(8)13-11/h2-3,6,13H,4-5,11H2,1H3,(H,12,15). The Bertz CT molecular complexity index is 520. The Morgan fingerprint density at radius 3 is 2.74 bits per heavy atom. The second kappa shape index (κ2) is 6.81. The van der Waals surface area contributed by atoms with E-state index in [4.69, 9.17) is 5.84 Å². The van der Waals surface area contributed by atoms with E-state index in [0.29, 0.717) is 5.75 Å². The molecule has 104 valence electrons. The van der Waals surface area contributed by atoms with Crippen molar-refractivity contribution in [3.63, 3.8) is 0 Å². The molecule has 0 heterocycles. The van der Waals surface area contributed by atoms with Gasteiger partial charge in [0.15, 0.2) is 0 Å². The van der Waals surface area contributed by atoms with E-state index in [1.165, 1.54) is 18.4 Å². The molecule has 4 N–H and O–H groups in total. The number of nitrogens with zero attached hydrogens (tertiary/aromatic N) is 1. The zero-order valence-corrected chi connectivity index (χ0v) is 11.0. The van der Waals surface area contributed by atoms with Gasteiger partial charge in [0, 0.05) is 41.5 Å². The molecule has 1 aromatic rings. The molecule has 1 atom stereocenters. The lowest BCUT2D eigenvalue weighted by atomic mass is 10.1. The van der Waals surface area contributed by atoms with Gasteiger partial charge in [-0.2, -0.15) is 0 Å². The third kappa shape index (κ3) is 4.30. The van der Waals surface area contributed by atoms with E-state index in [1.54, 1.807) is 0 Å². The Labute approximate surface area is 111 Å². The fourth-order valence-electron chi connectivity index (χ4n) is 1.36. The van der Waals surface area contributed by atoms with Gasteiger partial charge in [-0.05, 0) is 6.07 Å². The number of non-ortho nitro benzene ring substituents is 1. The van der Waals surface area contributed by atoms with Crippen LogP contribution in [0, 0.1) is 10.1 Å².